The third kappa shape index (κ3) is 1.11. The lowest BCUT2D eigenvalue weighted by Crippen LogP contribution is -1.77. The Labute approximate surface area is 77.2 Å². The fourth-order valence-corrected chi connectivity index (χ4v) is 2.01. The molecule has 0 radical (unpaired) electrons. The van der Waals surface area contributed by atoms with Crippen molar-refractivity contribution in [1.29, 1.82) is 0 Å². The van der Waals surface area contributed by atoms with Crippen molar-refractivity contribution in [1.82, 2.24) is 0 Å². The zero-order valence-corrected chi connectivity index (χ0v) is 7.55. The van der Waals surface area contributed by atoms with E-state index < -0.39 is 5.82 Å². The number of thiol groups is 1. The smallest absolute Gasteiger partial charge is 0.141 e. The van der Waals surface area contributed by atoms with E-state index in [1.54, 1.807) is 0 Å². The van der Waals surface area contributed by atoms with Crippen LogP contribution in [0.3, 0.4) is 0 Å². The fourth-order valence-electron chi connectivity index (χ4n) is 1.01. The molecule has 1 aromatic heterocycles. The maximum Gasteiger partial charge on any atom is 0.141 e. The molecule has 0 aliphatic carbocycles. The van der Waals surface area contributed by atoms with E-state index in [1.807, 2.05) is 0 Å². The number of halogens is 2. The van der Waals surface area contributed by atoms with Gasteiger partial charge in [-0.1, -0.05) is 0 Å². The molecule has 62 valence electrons. The number of thiophene rings is 1. The molecule has 2 aromatic rings. The predicted molar refractivity (Wildman–Crippen MR) is 49.0 cm³/mol. The third-order valence-corrected chi connectivity index (χ3v) is 2.85. The maximum atomic E-state index is 12.9. The van der Waals surface area contributed by atoms with Crippen molar-refractivity contribution in [2.45, 2.75) is 4.90 Å². The van der Waals surface area contributed by atoms with Gasteiger partial charge in [0.2, 0.25) is 0 Å². The lowest BCUT2D eigenvalue weighted by Gasteiger charge is -1.94. The van der Waals surface area contributed by atoms with Gasteiger partial charge in [-0.3, -0.25) is 0 Å². The molecule has 0 N–H and O–H groups in total. The van der Waals surface area contributed by atoms with Crippen molar-refractivity contribution in [3.8, 4) is 0 Å². The van der Waals surface area contributed by atoms with E-state index in [0.717, 1.165) is 0 Å². The van der Waals surface area contributed by atoms with Crippen LogP contribution < -0.4 is 0 Å². The molecular weight excluding hydrogens is 198 g/mol. The molecule has 0 bridgehead atoms. The van der Waals surface area contributed by atoms with E-state index in [0.29, 0.717) is 10.1 Å². The second kappa shape index (κ2) is 2.71. The van der Waals surface area contributed by atoms with Crippen molar-refractivity contribution in [3.63, 3.8) is 0 Å². The van der Waals surface area contributed by atoms with Gasteiger partial charge in [0.25, 0.3) is 0 Å². The lowest BCUT2D eigenvalue weighted by molar-refractivity contribution is 0.604. The molecule has 0 unspecified atom stereocenters. The maximum absolute atomic E-state index is 12.9. The number of hydrogen-bond donors (Lipinski definition) is 1. The molecule has 0 amide bonds. The number of fused-ring (bicyclic) bond motifs is 1. The van der Waals surface area contributed by atoms with Crippen LogP contribution in [-0.4, -0.2) is 0 Å². The summed E-state index contributed by atoms with van der Waals surface area (Å²) in [6.07, 6.45) is 0. The first kappa shape index (κ1) is 8.01. The highest BCUT2D eigenvalue weighted by atomic mass is 32.1. The van der Waals surface area contributed by atoms with Crippen LogP contribution in [0.2, 0.25) is 0 Å². The molecule has 1 heterocycles. The first-order valence-electron chi connectivity index (χ1n) is 3.23. The Morgan fingerprint density at radius 1 is 1.17 bits per heavy atom. The highest BCUT2D eigenvalue weighted by molar-refractivity contribution is 7.80. The summed E-state index contributed by atoms with van der Waals surface area (Å²) in [5.74, 6) is -0.724. The topological polar surface area (TPSA) is 0 Å². The van der Waals surface area contributed by atoms with E-state index >= 15 is 0 Å². The van der Waals surface area contributed by atoms with Gasteiger partial charge in [-0.2, -0.15) is 0 Å². The molecule has 0 aliphatic heterocycles. The van der Waals surface area contributed by atoms with Gasteiger partial charge in [0.15, 0.2) is 0 Å². The van der Waals surface area contributed by atoms with Gasteiger partial charge in [-0.05, 0) is 12.1 Å². The molecule has 12 heavy (non-hydrogen) atoms. The molecule has 0 spiro atoms. The molecule has 0 fully saturated rings. The average Bonchev–Trinajstić information content (AvgIpc) is 2.35. The number of benzene rings is 1. The van der Waals surface area contributed by atoms with Crippen LogP contribution in [0, 0.1) is 11.6 Å². The van der Waals surface area contributed by atoms with Crippen molar-refractivity contribution in [2.24, 2.45) is 0 Å². The molecule has 0 aliphatic rings. The van der Waals surface area contributed by atoms with Gasteiger partial charge in [0.1, 0.15) is 11.6 Å². The Morgan fingerprint density at radius 2 is 1.92 bits per heavy atom. The minimum absolute atomic E-state index is 0.180. The molecule has 4 heteroatoms. The predicted octanol–water partition coefficient (Wildman–Crippen LogP) is 3.47. The normalized spacial score (nSPS) is 10.9. The van der Waals surface area contributed by atoms with Crippen LogP contribution in [0.25, 0.3) is 10.1 Å². The standard InChI is InChI=1S/C8H4F2S2/c9-5-2-8-4(1-7(5)11)6(10)3-12-8/h1-3,11H. The summed E-state index contributed by atoms with van der Waals surface area (Å²) in [5, 5.41) is 1.79. The van der Waals surface area contributed by atoms with Crippen LogP contribution in [0.15, 0.2) is 22.4 Å². The molecule has 0 saturated heterocycles. The first-order valence-corrected chi connectivity index (χ1v) is 4.56. The quantitative estimate of drug-likeness (QED) is 0.621. The molecular formula is C8H4F2S2. The van der Waals surface area contributed by atoms with Crippen LogP contribution >= 0.6 is 24.0 Å². The van der Waals surface area contributed by atoms with Gasteiger partial charge in [0, 0.05) is 20.4 Å². The molecule has 2 rings (SSSR count). The van der Waals surface area contributed by atoms with Crippen molar-refractivity contribution >= 4 is 34.1 Å². The average molecular weight is 202 g/mol. The summed E-state index contributed by atoms with van der Waals surface area (Å²) in [6.45, 7) is 0. The van der Waals surface area contributed by atoms with E-state index in [1.165, 1.54) is 28.8 Å². The minimum Gasteiger partial charge on any atom is -0.206 e. The van der Waals surface area contributed by atoms with Crippen LogP contribution in [0.5, 0.6) is 0 Å². The second-order valence-electron chi connectivity index (χ2n) is 2.38. The summed E-state index contributed by atoms with van der Waals surface area (Å²) in [5.41, 5.74) is 0. The lowest BCUT2D eigenvalue weighted by atomic mass is 10.2. The van der Waals surface area contributed by atoms with Crippen LogP contribution in [-0.2, 0) is 0 Å². The Morgan fingerprint density at radius 3 is 2.67 bits per heavy atom. The zero-order chi connectivity index (χ0) is 8.72. The van der Waals surface area contributed by atoms with Crippen molar-refractivity contribution < 1.29 is 8.78 Å². The largest absolute Gasteiger partial charge is 0.206 e. The van der Waals surface area contributed by atoms with Gasteiger partial charge in [0.05, 0.1) is 0 Å². The minimum atomic E-state index is -0.410. The summed E-state index contributed by atoms with van der Waals surface area (Å²) in [7, 11) is 0. The second-order valence-corrected chi connectivity index (χ2v) is 3.78. The Hall–Kier alpha value is -0.610. The highest BCUT2D eigenvalue weighted by Gasteiger charge is 2.06. The SMILES string of the molecule is Fc1cc2scc(F)c2cc1S. The van der Waals surface area contributed by atoms with Gasteiger partial charge < -0.3 is 0 Å². The van der Waals surface area contributed by atoms with E-state index in [9.17, 15) is 8.78 Å². The summed E-state index contributed by atoms with van der Waals surface area (Å²) >= 11 is 5.05. The fraction of sp³-hybridized carbons (Fsp3) is 0. The van der Waals surface area contributed by atoms with E-state index in [4.69, 9.17) is 0 Å². The van der Waals surface area contributed by atoms with Gasteiger partial charge in [-0.25, -0.2) is 8.78 Å². The van der Waals surface area contributed by atoms with Crippen molar-refractivity contribution in [2.75, 3.05) is 0 Å². The van der Waals surface area contributed by atoms with Crippen LogP contribution in [0.1, 0.15) is 0 Å². The van der Waals surface area contributed by atoms with Crippen LogP contribution in [0.4, 0.5) is 8.78 Å². The Balaban J connectivity index is 2.87. The summed E-state index contributed by atoms with van der Waals surface area (Å²) in [4.78, 5) is 0.180. The summed E-state index contributed by atoms with van der Waals surface area (Å²) < 4.78 is 26.4. The number of hydrogen-bond acceptors (Lipinski definition) is 2. The monoisotopic (exact) mass is 202 g/mol. The first-order chi connectivity index (χ1) is 5.68. The van der Waals surface area contributed by atoms with Gasteiger partial charge >= 0.3 is 0 Å². The molecule has 1 aromatic carbocycles. The Bertz CT molecular complexity index is 434. The summed E-state index contributed by atoms with van der Waals surface area (Å²) in [6, 6.07) is 2.70. The van der Waals surface area contributed by atoms with E-state index in [-0.39, 0.29) is 10.7 Å². The van der Waals surface area contributed by atoms with Crippen molar-refractivity contribution in [3.05, 3.63) is 29.1 Å². The zero-order valence-electron chi connectivity index (χ0n) is 5.84. The molecule has 0 nitrogen and oxygen atoms in total. The Kier molecular flexibility index (Phi) is 1.81. The highest BCUT2D eigenvalue weighted by Crippen LogP contribution is 2.28. The number of rotatable bonds is 0. The molecule has 0 atom stereocenters. The molecule has 0 saturated carbocycles. The van der Waals surface area contributed by atoms with Gasteiger partial charge in [-0.15, -0.1) is 24.0 Å². The van der Waals surface area contributed by atoms with E-state index in [2.05, 4.69) is 12.6 Å². The third-order valence-electron chi connectivity index (χ3n) is 1.60.